The fraction of sp³-hybridized carbons (Fsp3) is 0.889. The molecule has 1 aliphatic rings. The van der Waals surface area contributed by atoms with Gasteiger partial charge >= 0.3 is 5.97 Å². The van der Waals surface area contributed by atoms with E-state index in [-0.39, 0.29) is 12.0 Å². The van der Waals surface area contributed by atoms with Crippen LogP contribution >= 0.6 is 0 Å². The summed E-state index contributed by atoms with van der Waals surface area (Å²) >= 11 is 0. The van der Waals surface area contributed by atoms with Crippen LogP contribution in [0.3, 0.4) is 0 Å². The van der Waals surface area contributed by atoms with Crippen molar-refractivity contribution < 1.29 is 14.6 Å². The lowest BCUT2D eigenvalue weighted by molar-refractivity contribution is -0.142. The largest absolute Gasteiger partial charge is 0.464 e. The Labute approximate surface area is 78.5 Å². The minimum Gasteiger partial charge on any atom is -0.464 e. The van der Waals surface area contributed by atoms with E-state index in [4.69, 9.17) is 4.74 Å². The second-order valence-electron chi connectivity index (χ2n) is 4.20. The highest BCUT2D eigenvalue weighted by molar-refractivity contribution is 5.77. The van der Waals surface area contributed by atoms with Crippen LogP contribution in [0.4, 0.5) is 0 Å². The number of hydrogen-bond donors (Lipinski definition) is 1. The number of cyclic esters (lactones) is 1. The third kappa shape index (κ3) is 2.97. The molecule has 1 N–H and O–H groups in total. The number of esters is 1. The molecule has 0 amide bonds. The highest BCUT2D eigenvalue weighted by Crippen LogP contribution is 2.15. The molecule has 13 heavy (non-hydrogen) atoms. The summed E-state index contributed by atoms with van der Waals surface area (Å²) in [5.41, 5.74) is -0.766. The van der Waals surface area contributed by atoms with Gasteiger partial charge in [-0.15, -0.1) is 0 Å². The van der Waals surface area contributed by atoms with E-state index in [1.807, 2.05) is 11.9 Å². The molecular weight excluding hydrogens is 170 g/mol. The fourth-order valence-corrected chi connectivity index (χ4v) is 1.61. The Hall–Kier alpha value is -0.610. The molecule has 1 fully saturated rings. The van der Waals surface area contributed by atoms with Crippen molar-refractivity contribution in [3.8, 4) is 0 Å². The number of carbonyl (C=O) groups excluding carboxylic acids is 1. The molecule has 1 atom stereocenters. The standard InChI is InChI=1S/C9H17NO3/c1-9(2,12)6-10(3)7-4-5-13-8(7)11/h7,12H,4-6H2,1-3H3. The molecule has 0 spiro atoms. The van der Waals surface area contributed by atoms with E-state index in [1.54, 1.807) is 13.8 Å². The predicted molar refractivity (Wildman–Crippen MR) is 48.3 cm³/mol. The zero-order valence-corrected chi connectivity index (χ0v) is 8.41. The average molecular weight is 187 g/mol. The third-order valence-electron chi connectivity index (χ3n) is 2.08. The maximum Gasteiger partial charge on any atom is 0.323 e. The fourth-order valence-electron chi connectivity index (χ4n) is 1.61. The lowest BCUT2D eigenvalue weighted by atomic mass is 10.1. The molecule has 76 valence electrons. The van der Waals surface area contributed by atoms with Gasteiger partial charge in [0.05, 0.1) is 12.2 Å². The quantitative estimate of drug-likeness (QED) is 0.632. The topological polar surface area (TPSA) is 49.8 Å². The van der Waals surface area contributed by atoms with Gasteiger partial charge < -0.3 is 9.84 Å². The van der Waals surface area contributed by atoms with E-state index in [9.17, 15) is 9.90 Å². The molecule has 0 saturated carbocycles. The van der Waals surface area contributed by atoms with Gasteiger partial charge in [-0.25, -0.2) is 0 Å². The van der Waals surface area contributed by atoms with Gasteiger partial charge in [-0.2, -0.15) is 0 Å². The number of rotatable bonds is 3. The molecule has 0 aliphatic carbocycles. The van der Waals surface area contributed by atoms with Crippen LogP contribution < -0.4 is 0 Å². The van der Waals surface area contributed by atoms with E-state index in [2.05, 4.69) is 0 Å². The molecule has 1 rings (SSSR count). The first-order chi connectivity index (χ1) is 5.90. The number of likely N-dealkylation sites (N-methyl/N-ethyl adjacent to an activating group) is 1. The first-order valence-electron chi connectivity index (χ1n) is 4.49. The molecule has 0 aromatic rings. The van der Waals surface area contributed by atoms with E-state index in [1.165, 1.54) is 0 Å². The van der Waals surface area contributed by atoms with E-state index >= 15 is 0 Å². The van der Waals surface area contributed by atoms with Crippen molar-refractivity contribution in [3.05, 3.63) is 0 Å². The summed E-state index contributed by atoms with van der Waals surface area (Å²) in [5.74, 6) is -0.174. The maximum atomic E-state index is 11.2. The summed E-state index contributed by atoms with van der Waals surface area (Å²) in [6.07, 6.45) is 0.728. The van der Waals surface area contributed by atoms with E-state index < -0.39 is 5.60 Å². The average Bonchev–Trinajstić information content (AvgIpc) is 2.30. The Balaban J connectivity index is 2.47. The Morgan fingerprint density at radius 1 is 1.69 bits per heavy atom. The Morgan fingerprint density at radius 2 is 2.31 bits per heavy atom. The lowest BCUT2D eigenvalue weighted by Crippen LogP contribution is -2.43. The minimum atomic E-state index is -0.766. The Morgan fingerprint density at radius 3 is 2.69 bits per heavy atom. The van der Waals surface area contributed by atoms with Crippen LogP contribution in [0.2, 0.25) is 0 Å². The van der Waals surface area contributed by atoms with Crippen molar-refractivity contribution in [1.82, 2.24) is 4.90 Å². The van der Waals surface area contributed by atoms with Gasteiger partial charge in [0.15, 0.2) is 0 Å². The summed E-state index contributed by atoms with van der Waals surface area (Å²) in [4.78, 5) is 13.0. The van der Waals surface area contributed by atoms with Gasteiger partial charge in [-0.05, 0) is 20.9 Å². The van der Waals surface area contributed by atoms with Crippen molar-refractivity contribution in [1.29, 1.82) is 0 Å². The van der Waals surface area contributed by atoms with Crippen molar-refractivity contribution in [3.63, 3.8) is 0 Å². The van der Waals surface area contributed by atoms with Gasteiger partial charge in [0, 0.05) is 13.0 Å². The highest BCUT2D eigenvalue weighted by atomic mass is 16.5. The van der Waals surface area contributed by atoms with E-state index in [0.29, 0.717) is 13.2 Å². The van der Waals surface area contributed by atoms with Crippen LogP contribution in [0.5, 0.6) is 0 Å². The third-order valence-corrected chi connectivity index (χ3v) is 2.08. The van der Waals surface area contributed by atoms with Crippen molar-refractivity contribution in [2.45, 2.75) is 31.9 Å². The van der Waals surface area contributed by atoms with Crippen LogP contribution in [-0.4, -0.2) is 47.8 Å². The summed E-state index contributed by atoms with van der Waals surface area (Å²) in [7, 11) is 1.83. The Kier molecular flexibility index (Phi) is 2.93. The molecular formula is C9H17NO3. The molecule has 4 heteroatoms. The maximum absolute atomic E-state index is 11.2. The molecule has 0 bridgehead atoms. The summed E-state index contributed by atoms with van der Waals surface area (Å²) in [6, 6.07) is -0.175. The van der Waals surface area contributed by atoms with Gasteiger partial charge in [-0.3, -0.25) is 9.69 Å². The number of carbonyl (C=O) groups is 1. The number of aliphatic hydroxyl groups is 1. The molecule has 1 aliphatic heterocycles. The minimum absolute atomic E-state index is 0.174. The zero-order valence-electron chi connectivity index (χ0n) is 8.41. The molecule has 4 nitrogen and oxygen atoms in total. The number of hydrogen-bond acceptors (Lipinski definition) is 4. The van der Waals surface area contributed by atoms with Crippen LogP contribution in [0, 0.1) is 0 Å². The van der Waals surface area contributed by atoms with Crippen LogP contribution in [0.25, 0.3) is 0 Å². The summed E-state index contributed by atoms with van der Waals surface area (Å²) < 4.78 is 4.84. The summed E-state index contributed by atoms with van der Waals surface area (Å²) in [6.45, 7) is 4.43. The van der Waals surface area contributed by atoms with Crippen LogP contribution in [0.1, 0.15) is 20.3 Å². The lowest BCUT2D eigenvalue weighted by Gasteiger charge is -2.27. The first kappa shape index (κ1) is 10.5. The van der Waals surface area contributed by atoms with Gasteiger partial charge in [0.1, 0.15) is 6.04 Å². The first-order valence-corrected chi connectivity index (χ1v) is 4.49. The van der Waals surface area contributed by atoms with Crippen LogP contribution in [0.15, 0.2) is 0 Å². The van der Waals surface area contributed by atoms with E-state index in [0.717, 1.165) is 6.42 Å². The predicted octanol–water partition coefficient (Wildman–Crippen LogP) is 0.00460. The number of nitrogens with zero attached hydrogens (tertiary/aromatic N) is 1. The molecule has 0 radical (unpaired) electrons. The second-order valence-corrected chi connectivity index (χ2v) is 4.20. The smallest absolute Gasteiger partial charge is 0.323 e. The zero-order chi connectivity index (χ0) is 10.1. The molecule has 1 heterocycles. The molecule has 1 saturated heterocycles. The SMILES string of the molecule is CN(CC(C)(C)O)C1CCOC1=O. The van der Waals surface area contributed by atoms with Crippen LogP contribution in [-0.2, 0) is 9.53 Å². The summed E-state index contributed by atoms with van der Waals surface area (Å²) in [5, 5.41) is 9.54. The monoisotopic (exact) mass is 187 g/mol. The van der Waals surface area contributed by atoms with Gasteiger partial charge in [0.25, 0.3) is 0 Å². The highest BCUT2D eigenvalue weighted by Gasteiger charge is 2.32. The second kappa shape index (κ2) is 3.64. The normalized spacial score (nSPS) is 23.8. The molecule has 0 aromatic heterocycles. The number of ether oxygens (including phenoxy) is 1. The van der Waals surface area contributed by atoms with Crippen molar-refractivity contribution in [2.24, 2.45) is 0 Å². The van der Waals surface area contributed by atoms with Crippen molar-refractivity contribution in [2.75, 3.05) is 20.2 Å². The molecule has 1 unspecified atom stereocenters. The van der Waals surface area contributed by atoms with Crippen molar-refractivity contribution >= 4 is 5.97 Å². The molecule has 0 aromatic carbocycles. The Bertz CT molecular complexity index is 198. The van der Waals surface area contributed by atoms with Gasteiger partial charge in [0.2, 0.25) is 0 Å². The van der Waals surface area contributed by atoms with Gasteiger partial charge in [-0.1, -0.05) is 0 Å².